The maximum atomic E-state index is 12.5. The fourth-order valence-electron chi connectivity index (χ4n) is 3.41. The van der Waals surface area contributed by atoms with E-state index in [0.29, 0.717) is 11.1 Å². The molecule has 3 heterocycles. The van der Waals surface area contributed by atoms with Gasteiger partial charge in [-0.2, -0.15) is 0 Å². The normalized spacial score (nSPS) is 35.9. The average molecular weight is 374 g/mol. The van der Waals surface area contributed by atoms with Crippen molar-refractivity contribution in [2.24, 2.45) is 5.92 Å². The Morgan fingerprint density at radius 2 is 2.07 bits per heavy atom. The van der Waals surface area contributed by atoms with Crippen LogP contribution in [0.2, 0.25) is 0 Å². The molecule has 5 atom stereocenters. The Labute approximate surface area is 157 Å². The minimum Gasteiger partial charge on any atom is -0.476 e. The van der Waals surface area contributed by atoms with E-state index in [0.717, 1.165) is 0 Å². The number of carbonyl (C=O) groups is 3. The van der Waals surface area contributed by atoms with E-state index in [-0.39, 0.29) is 11.3 Å². The molecule has 0 radical (unpaired) electrons. The molecule has 0 aromatic heterocycles. The molecule has 144 valence electrons. The molecular formula is C20H22O7. The van der Waals surface area contributed by atoms with Gasteiger partial charge < -0.3 is 19.3 Å². The minimum absolute atomic E-state index is 0.0711. The summed E-state index contributed by atoms with van der Waals surface area (Å²) in [6, 6.07) is 0. The molecule has 1 saturated heterocycles. The van der Waals surface area contributed by atoms with Crippen LogP contribution in [-0.2, 0) is 28.6 Å². The lowest BCUT2D eigenvalue weighted by Gasteiger charge is -2.36. The van der Waals surface area contributed by atoms with E-state index in [4.69, 9.17) is 14.2 Å². The third kappa shape index (κ3) is 2.92. The van der Waals surface area contributed by atoms with Crippen LogP contribution in [0, 0.1) is 5.92 Å². The van der Waals surface area contributed by atoms with E-state index >= 15 is 0 Å². The third-order valence-corrected chi connectivity index (χ3v) is 5.37. The summed E-state index contributed by atoms with van der Waals surface area (Å²) in [6.45, 7) is 10.1. The summed E-state index contributed by atoms with van der Waals surface area (Å²) in [6.07, 6.45) is 0.871. The molecule has 2 bridgehead atoms. The molecule has 3 aliphatic rings. The lowest BCUT2D eigenvalue weighted by Crippen LogP contribution is -2.55. The Morgan fingerprint density at radius 1 is 1.41 bits per heavy atom. The summed E-state index contributed by atoms with van der Waals surface area (Å²) >= 11 is 0. The van der Waals surface area contributed by atoms with Crippen LogP contribution in [0.1, 0.15) is 27.7 Å². The number of ketones is 1. The smallest absolute Gasteiger partial charge is 0.334 e. The molecule has 27 heavy (non-hydrogen) atoms. The number of hydrogen-bond donors (Lipinski definition) is 1. The Balaban J connectivity index is 2.12. The van der Waals surface area contributed by atoms with Crippen LogP contribution in [0.4, 0.5) is 0 Å². The van der Waals surface area contributed by atoms with E-state index in [1.54, 1.807) is 32.9 Å². The molecule has 0 aliphatic carbocycles. The summed E-state index contributed by atoms with van der Waals surface area (Å²) in [4.78, 5) is 37.1. The van der Waals surface area contributed by atoms with E-state index in [1.165, 1.54) is 13.0 Å². The molecule has 3 rings (SSSR count). The van der Waals surface area contributed by atoms with Gasteiger partial charge in [-0.1, -0.05) is 12.7 Å². The highest BCUT2D eigenvalue weighted by Crippen LogP contribution is 2.42. The van der Waals surface area contributed by atoms with Crippen molar-refractivity contribution in [1.82, 2.24) is 0 Å². The second-order valence-electron chi connectivity index (χ2n) is 7.14. The molecule has 3 aliphatic heterocycles. The quantitative estimate of drug-likeness (QED) is 0.578. The first-order valence-corrected chi connectivity index (χ1v) is 8.65. The Morgan fingerprint density at radius 3 is 2.70 bits per heavy atom. The van der Waals surface area contributed by atoms with Gasteiger partial charge >= 0.3 is 11.9 Å². The van der Waals surface area contributed by atoms with Crippen molar-refractivity contribution in [1.29, 1.82) is 0 Å². The van der Waals surface area contributed by atoms with Gasteiger partial charge in [-0.15, -0.1) is 0 Å². The van der Waals surface area contributed by atoms with Crippen molar-refractivity contribution in [3.63, 3.8) is 0 Å². The second kappa shape index (κ2) is 6.49. The predicted octanol–water partition coefficient (Wildman–Crippen LogP) is 1.52. The first kappa shape index (κ1) is 19.1. The van der Waals surface area contributed by atoms with Gasteiger partial charge in [0.2, 0.25) is 5.78 Å². The van der Waals surface area contributed by atoms with E-state index in [9.17, 15) is 19.5 Å². The highest BCUT2D eigenvalue weighted by Gasteiger charge is 2.57. The number of ether oxygens (including phenoxy) is 3. The minimum atomic E-state index is -1.65. The second-order valence-corrected chi connectivity index (χ2v) is 7.14. The van der Waals surface area contributed by atoms with E-state index in [1.807, 2.05) is 0 Å². The Kier molecular flexibility index (Phi) is 4.59. The molecule has 7 heteroatoms. The van der Waals surface area contributed by atoms with Crippen LogP contribution < -0.4 is 0 Å². The molecule has 0 amide bonds. The molecule has 5 unspecified atom stereocenters. The largest absolute Gasteiger partial charge is 0.476 e. The number of esters is 2. The highest BCUT2D eigenvalue weighted by molar-refractivity contribution is 6.00. The Bertz CT molecular complexity index is 831. The van der Waals surface area contributed by atoms with Crippen LogP contribution >= 0.6 is 0 Å². The van der Waals surface area contributed by atoms with Crippen LogP contribution in [0.3, 0.4) is 0 Å². The summed E-state index contributed by atoms with van der Waals surface area (Å²) < 4.78 is 16.6. The molecule has 7 nitrogen and oxygen atoms in total. The number of aliphatic hydroxyl groups excluding tert-OH is 1. The molecule has 0 spiro atoms. The molecular weight excluding hydrogens is 352 g/mol. The zero-order valence-corrected chi connectivity index (χ0v) is 15.6. The predicted molar refractivity (Wildman–Crippen MR) is 94.2 cm³/mol. The molecule has 1 N–H and O–H groups in total. The van der Waals surface area contributed by atoms with Gasteiger partial charge in [0, 0.05) is 17.2 Å². The number of fused-ring (bicyclic) bond motifs is 3. The van der Waals surface area contributed by atoms with Crippen molar-refractivity contribution in [2.75, 3.05) is 0 Å². The van der Waals surface area contributed by atoms with Crippen LogP contribution in [0.15, 0.2) is 47.3 Å². The molecule has 0 aromatic rings. The third-order valence-electron chi connectivity index (χ3n) is 5.37. The standard InChI is InChI=1S/C20H22O7/c1-6-9(2)18(23)26-16-15-11(4)19(24)25-13(15)7-10(3)12-8-14(21)20(5,27-12)17(16)22/h6-8,13,15-17,22H,4H2,1-3,5H3. The van der Waals surface area contributed by atoms with Gasteiger partial charge in [0.1, 0.15) is 24.1 Å². The highest BCUT2D eigenvalue weighted by atomic mass is 16.6. The lowest BCUT2D eigenvalue weighted by molar-refractivity contribution is -0.175. The van der Waals surface area contributed by atoms with Gasteiger partial charge in [-0.05, 0) is 39.3 Å². The lowest BCUT2D eigenvalue weighted by atomic mass is 9.80. The maximum Gasteiger partial charge on any atom is 0.334 e. The number of rotatable bonds is 2. The van der Waals surface area contributed by atoms with Crippen molar-refractivity contribution >= 4 is 17.7 Å². The van der Waals surface area contributed by atoms with Gasteiger partial charge in [0.05, 0.1) is 5.92 Å². The summed E-state index contributed by atoms with van der Waals surface area (Å²) in [5.74, 6) is -2.32. The Hall–Kier alpha value is -2.67. The van der Waals surface area contributed by atoms with Crippen molar-refractivity contribution in [2.45, 2.75) is 51.6 Å². The average Bonchev–Trinajstić information content (AvgIpc) is 3.08. The maximum absolute atomic E-state index is 12.5. The first-order valence-electron chi connectivity index (χ1n) is 8.65. The zero-order chi connectivity index (χ0) is 20.1. The monoisotopic (exact) mass is 374 g/mol. The van der Waals surface area contributed by atoms with E-state index < -0.39 is 47.6 Å². The van der Waals surface area contributed by atoms with Crippen LogP contribution in [-0.4, -0.2) is 46.7 Å². The molecule has 0 saturated carbocycles. The number of allylic oxidation sites excluding steroid dienone is 2. The zero-order valence-electron chi connectivity index (χ0n) is 15.6. The number of carbonyl (C=O) groups excluding carboxylic acids is 3. The SMILES string of the molecule is C=C1C(=O)OC2C=C(C)C3=CC(=O)C(C)(O3)C(O)C(OC(=O)C(C)=CC)C12. The fraction of sp³-hybridized carbons (Fsp3) is 0.450. The summed E-state index contributed by atoms with van der Waals surface area (Å²) in [5, 5.41) is 11.0. The van der Waals surface area contributed by atoms with Crippen molar-refractivity contribution in [3.8, 4) is 0 Å². The van der Waals surface area contributed by atoms with Gasteiger partial charge in [0.15, 0.2) is 5.60 Å². The number of aliphatic hydroxyl groups is 1. The van der Waals surface area contributed by atoms with Gasteiger partial charge in [-0.25, -0.2) is 9.59 Å². The number of hydrogen-bond acceptors (Lipinski definition) is 7. The van der Waals surface area contributed by atoms with E-state index in [2.05, 4.69) is 6.58 Å². The van der Waals surface area contributed by atoms with Crippen molar-refractivity contribution in [3.05, 3.63) is 47.3 Å². The van der Waals surface area contributed by atoms with Gasteiger partial charge in [-0.3, -0.25) is 4.79 Å². The molecule has 0 aromatic carbocycles. The van der Waals surface area contributed by atoms with Crippen LogP contribution in [0.25, 0.3) is 0 Å². The fourth-order valence-corrected chi connectivity index (χ4v) is 3.41. The van der Waals surface area contributed by atoms with Crippen LogP contribution in [0.5, 0.6) is 0 Å². The summed E-state index contributed by atoms with van der Waals surface area (Å²) in [5.41, 5.74) is -0.681. The molecule has 1 fully saturated rings. The topological polar surface area (TPSA) is 99.1 Å². The van der Waals surface area contributed by atoms with Crippen molar-refractivity contribution < 1.29 is 33.7 Å². The van der Waals surface area contributed by atoms with Gasteiger partial charge in [0.25, 0.3) is 0 Å². The summed E-state index contributed by atoms with van der Waals surface area (Å²) in [7, 11) is 0. The first-order chi connectivity index (χ1) is 12.6.